The molecule has 2 aromatic heterocycles. The number of hydrazine groups is 1. The lowest BCUT2D eigenvalue weighted by Crippen LogP contribution is -2.46. The number of hydrogen-bond acceptors (Lipinski definition) is 7. The van der Waals surface area contributed by atoms with Gasteiger partial charge in [-0.05, 0) is 39.0 Å². The number of nitrogens with one attached hydrogen (secondary N) is 3. The standard InChI is InChI=1S/C23H35N7O4S/c1-15(2)21-20(26-14-35-21)23(34)30(27-16(3)31)17-12-18(29(6)13-17)22(33)25-10-8-19(32)24-9-7-11-28(4)5/h12-15H,7-11H2,1-6H3,(H,24,32)(H,25,33)(H,27,31). The molecular formula is C23H35N7O4S. The molecule has 3 N–H and O–H groups in total. The minimum Gasteiger partial charge on any atom is -0.356 e. The number of rotatable bonds is 11. The van der Waals surface area contributed by atoms with E-state index in [1.807, 2.05) is 32.8 Å². The number of carbonyl (C=O) groups excluding carboxylic acids is 4. The van der Waals surface area contributed by atoms with Crippen molar-refractivity contribution in [3.8, 4) is 0 Å². The SMILES string of the molecule is CC(=O)NN(C(=O)c1ncsc1C(C)C)c1cc(C(=O)NCCC(=O)NCCCN(C)C)n(C)c1. The summed E-state index contributed by atoms with van der Waals surface area (Å²) in [7, 11) is 5.60. The van der Waals surface area contributed by atoms with Crippen LogP contribution in [-0.4, -0.2) is 71.8 Å². The van der Waals surface area contributed by atoms with Crippen LogP contribution in [-0.2, 0) is 16.6 Å². The zero-order valence-electron chi connectivity index (χ0n) is 21.2. The predicted molar refractivity (Wildman–Crippen MR) is 135 cm³/mol. The van der Waals surface area contributed by atoms with Crippen LogP contribution in [0, 0.1) is 0 Å². The zero-order valence-corrected chi connectivity index (χ0v) is 22.0. The number of aromatic nitrogens is 2. The highest BCUT2D eigenvalue weighted by Crippen LogP contribution is 2.26. The first-order valence-corrected chi connectivity index (χ1v) is 12.3. The van der Waals surface area contributed by atoms with E-state index in [4.69, 9.17) is 0 Å². The zero-order chi connectivity index (χ0) is 26.1. The Balaban J connectivity index is 2.05. The first kappa shape index (κ1) is 28.0. The van der Waals surface area contributed by atoms with Crippen molar-refractivity contribution in [3.05, 3.63) is 34.0 Å². The van der Waals surface area contributed by atoms with Crippen molar-refractivity contribution in [2.75, 3.05) is 38.7 Å². The number of aryl methyl sites for hydroxylation is 1. The Bertz CT molecular complexity index is 1040. The summed E-state index contributed by atoms with van der Waals surface area (Å²) in [4.78, 5) is 56.8. The summed E-state index contributed by atoms with van der Waals surface area (Å²) >= 11 is 1.37. The van der Waals surface area contributed by atoms with Gasteiger partial charge in [-0.1, -0.05) is 13.8 Å². The Kier molecular flexibility index (Phi) is 10.4. The second-order valence-corrected chi connectivity index (χ2v) is 9.62. The largest absolute Gasteiger partial charge is 0.356 e. The van der Waals surface area contributed by atoms with E-state index in [0.717, 1.165) is 22.9 Å². The molecule has 2 heterocycles. The number of thiazole rings is 1. The van der Waals surface area contributed by atoms with E-state index in [0.29, 0.717) is 12.2 Å². The second-order valence-electron chi connectivity index (χ2n) is 8.74. The van der Waals surface area contributed by atoms with Gasteiger partial charge in [0.1, 0.15) is 11.4 Å². The number of hydrogen-bond donors (Lipinski definition) is 3. The van der Waals surface area contributed by atoms with Crippen molar-refractivity contribution in [1.82, 2.24) is 30.5 Å². The summed E-state index contributed by atoms with van der Waals surface area (Å²) < 4.78 is 1.55. The monoisotopic (exact) mass is 505 g/mol. The van der Waals surface area contributed by atoms with Crippen LogP contribution >= 0.6 is 11.3 Å². The second kappa shape index (κ2) is 13.0. The van der Waals surface area contributed by atoms with E-state index in [1.54, 1.807) is 23.3 Å². The van der Waals surface area contributed by atoms with Gasteiger partial charge in [0.15, 0.2) is 0 Å². The summed E-state index contributed by atoms with van der Waals surface area (Å²) in [5.74, 6) is -1.38. The molecule has 0 aliphatic heterocycles. The molecule has 0 unspecified atom stereocenters. The summed E-state index contributed by atoms with van der Waals surface area (Å²) in [6.07, 6.45) is 2.57. The van der Waals surface area contributed by atoms with Crippen LogP contribution in [0.25, 0.3) is 0 Å². The molecular weight excluding hydrogens is 470 g/mol. The molecule has 0 radical (unpaired) electrons. The fourth-order valence-electron chi connectivity index (χ4n) is 3.31. The molecule has 11 nitrogen and oxygen atoms in total. The smallest absolute Gasteiger partial charge is 0.296 e. The molecule has 0 saturated carbocycles. The molecule has 4 amide bonds. The van der Waals surface area contributed by atoms with Gasteiger partial charge in [-0.3, -0.25) is 24.6 Å². The van der Waals surface area contributed by atoms with Crippen LogP contribution < -0.4 is 21.1 Å². The van der Waals surface area contributed by atoms with Gasteiger partial charge in [-0.2, -0.15) is 0 Å². The number of anilines is 1. The lowest BCUT2D eigenvalue weighted by Gasteiger charge is -2.21. The lowest BCUT2D eigenvalue weighted by molar-refractivity contribution is -0.121. The van der Waals surface area contributed by atoms with Gasteiger partial charge in [-0.25, -0.2) is 9.99 Å². The highest BCUT2D eigenvalue weighted by Gasteiger charge is 2.27. The molecule has 2 aromatic rings. The Morgan fingerprint density at radius 1 is 1.14 bits per heavy atom. The molecule has 0 aliphatic carbocycles. The molecule has 0 saturated heterocycles. The molecule has 192 valence electrons. The predicted octanol–water partition coefficient (Wildman–Crippen LogP) is 1.49. The normalized spacial score (nSPS) is 11.0. The number of amides is 4. The van der Waals surface area contributed by atoms with E-state index >= 15 is 0 Å². The van der Waals surface area contributed by atoms with Crippen LogP contribution in [0.15, 0.2) is 17.8 Å². The Labute approximate surface area is 209 Å². The Morgan fingerprint density at radius 3 is 2.49 bits per heavy atom. The third-order valence-electron chi connectivity index (χ3n) is 5.02. The van der Waals surface area contributed by atoms with E-state index in [1.165, 1.54) is 24.3 Å². The van der Waals surface area contributed by atoms with Gasteiger partial charge in [0.25, 0.3) is 11.8 Å². The number of carbonyl (C=O) groups is 4. The lowest BCUT2D eigenvalue weighted by atomic mass is 10.1. The van der Waals surface area contributed by atoms with E-state index in [-0.39, 0.29) is 36.2 Å². The van der Waals surface area contributed by atoms with Gasteiger partial charge >= 0.3 is 0 Å². The number of nitrogens with zero attached hydrogens (tertiary/aromatic N) is 4. The highest BCUT2D eigenvalue weighted by atomic mass is 32.1. The van der Waals surface area contributed by atoms with Crippen LogP contribution in [0.4, 0.5) is 5.69 Å². The van der Waals surface area contributed by atoms with Gasteiger partial charge < -0.3 is 20.1 Å². The van der Waals surface area contributed by atoms with Crippen molar-refractivity contribution in [2.45, 2.75) is 39.5 Å². The molecule has 0 fully saturated rings. The Morgan fingerprint density at radius 2 is 1.86 bits per heavy atom. The average Bonchev–Trinajstić information content (AvgIpc) is 3.41. The molecule has 0 bridgehead atoms. The molecule has 2 rings (SSSR count). The van der Waals surface area contributed by atoms with Crippen LogP contribution in [0.1, 0.15) is 65.4 Å². The van der Waals surface area contributed by atoms with Crippen LogP contribution in [0.2, 0.25) is 0 Å². The van der Waals surface area contributed by atoms with Gasteiger partial charge in [0.05, 0.1) is 11.2 Å². The maximum absolute atomic E-state index is 13.2. The molecule has 0 atom stereocenters. The molecule has 0 spiro atoms. The quantitative estimate of drug-likeness (QED) is 0.314. The molecule has 35 heavy (non-hydrogen) atoms. The van der Waals surface area contributed by atoms with Crippen molar-refractivity contribution < 1.29 is 19.2 Å². The van der Waals surface area contributed by atoms with E-state index < -0.39 is 17.7 Å². The van der Waals surface area contributed by atoms with Gasteiger partial charge in [0.2, 0.25) is 11.8 Å². The van der Waals surface area contributed by atoms with Crippen molar-refractivity contribution >= 4 is 40.7 Å². The average molecular weight is 506 g/mol. The maximum atomic E-state index is 13.2. The van der Waals surface area contributed by atoms with Crippen molar-refractivity contribution in [2.24, 2.45) is 7.05 Å². The third-order valence-corrected chi connectivity index (χ3v) is 6.15. The van der Waals surface area contributed by atoms with Crippen molar-refractivity contribution in [1.29, 1.82) is 0 Å². The fourth-order valence-corrected chi connectivity index (χ4v) is 4.10. The van der Waals surface area contributed by atoms with Gasteiger partial charge in [0, 0.05) is 44.6 Å². The first-order chi connectivity index (χ1) is 16.5. The fraction of sp³-hybridized carbons (Fsp3) is 0.522. The van der Waals surface area contributed by atoms with E-state index in [9.17, 15) is 19.2 Å². The summed E-state index contributed by atoms with van der Waals surface area (Å²) in [5, 5.41) is 6.65. The van der Waals surface area contributed by atoms with E-state index in [2.05, 4.69) is 21.0 Å². The first-order valence-electron chi connectivity index (χ1n) is 11.4. The van der Waals surface area contributed by atoms with Crippen LogP contribution in [0.3, 0.4) is 0 Å². The molecule has 0 aromatic carbocycles. The van der Waals surface area contributed by atoms with Crippen molar-refractivity contribution in [3.63, 3.8) is 0 Å². The summed E-state index contributed by atoms with van der Waals surface area (Å²) in [6.45, 7) is 6.85. The summed E-state index contributed by atoms with van der Waals surface area (Å²) in [6, 6.07) is 1.51. The van der Waals surface area contributed by atoms with Crippen LogP contribution in [0.5, 0.6) is 0 Å². The maximum Gasteiger partial charge on any atom is 0.296 e. The topological polar surface area (TPSA) is 129 Å². The minimum atomic E-state index is -0.492. The third kappa shape index (κ3) is 8.18. The summed E-state index contributed by atoms with van der Waals surface area (Å²) in [5.41, 5.74) is 4.97. The molecule has 12 heteroatoms. The Hall–Kier alpha value is -3.25. The highest BCUT2D eigenvalue weighted by molar-refractivity contribution is 7.10. The minimum absolute atomic E-state index is 0.0860. The van der Waals surface area contributed by atoms with Gasteiger partial charge in [-0.15, -0.1) is 11.3 Å². The molecule has 0 aliphatic rings.